The molecule has 1 heterocycles. The third-order valence-corrected chi connectivity index (χ3v) is 10.3. The molecule has 1 aromatic rings. The number of carbonyl (C=O) groups excluding carboxylic acids is 2. The lowest BCUT2D eigenvalue weighted by atomic mass is 9.73. The normalized spacial score (nSPS) is 26.2. The van der Waals surface area contributed by atoms with Crippen LogP contribution >= 0.6 is 0 Å². The molecular formula is C37H54O6. The van der Waals surface area contributed by atoms with Crippen LogP contribution in [0.2, 0.25) is 0 Å². The van der Waals surface area contributed by atoms with Gasteiger partial charge in [0.05, 0.1) is 38.1 Å². The monoisotopic (exact) mass is 594 g/mol. The summed E-state index contributed by atoms with van der Waals surface area (Å²) in [5.74, 6) is 1.37. The summed E-state index contributed by atoms with van der Waals surface area (Å²) >= 11 is 0. The Kier molecular flexibility index (Phi) is 12.9. The van der Waals surface area contributed by atoms with Crippen LogP contribution in [0.15, 0.2) is 42.5 Å². The van der Waals surface area contributed by atoms with E-state index in [9.17, 15) is 9.59 Å². The molecule has 2 aliphatic carbocycles. The van der Waals surface area contributed by atoms with Crippen LogP contribution in [-0.4, -0.2) is 49.6 Å². The highest BCUT2D eigenvalue weighted by molar-refractivity contribution is 5.88. The molecule has 0 aromatic heterocycles. The van der Waals surface area contributed by atoms with Crippen molar-refractivity contribution in [2.45, 2.75) is 109 Å². The zero-order valence-electron chi connectivity index (χ0n) is 26.6. The molecule has 0 radical (unpaired) electrons. The molecule has 6 heteroatoms. The Labute approximate surface area is 259 Å². The first kappa shape index (κ1) is 33.5. The fourth-order valence-corrected chi connectivity index (χ4v) is 7.43. The number of esters is 2. The highest BCUT2D eigenvalue weighted by Crippen LogP contribution is 2.42. The van der Waals surface area contributed by atoms with Crippen molar-refractivity contribution in [3.8, 4) is 0 Å². The lowest BCUT2D eigenvalue weighted by molar-refractivity contribution is -0.145. The van der Waals surface area contributed by atoms with Gasteiger partial charge in [-0.25, -0.2) is 9.59 Å². The van der Waals surface area contributed by atoms with Gasteiger partial charge in [0.15, 0.2) is 0 Å². The van der Waals surface area contributed by atoms with Crippen LogP contribution in [0.3, 0.4) is 0 Å². The maximum absolute atomic E-state index is 12.1. The zero-order valence-corrected chi connectivity index (χ0v) is 26.6. The highest BCUT2D eigenvalue weighted by atomic mass is 16.5. The molecule has 3 aliphatic rings. The number of unbranched alkanes of at least 4 members (excludes halogenated alkanes) is 1. The van der Waals surface area contributed by atoms with E-state index in [0.717, 1.165) is 18.8 Å². The highest BCUT2D eigenvalue weighted by Gasteiger charge is 2.35. The molecule has 2 fully saturated rings. The van der Waals surface area contributed by atoms with E-state index in [1.54, 1.807) is 23.6 Å². The van der Waals surface area contributed by atoms with Gasteiger partial charge >= 0.3 is 11.9 Å². The molecule has 0 bridgehead atoms. The molecule has 1 N–H and O–H groups in total. The minimum atomic E-state index is -0.595. The average Bonchev–Trinajstić information content (AvgIpc) is 3.04. The average molecular weight is 595 g/mol. The molecule has 1 saturated carbocycles. The van der Waals surface area contributed by atoms with E-state index in [-0.39, 0.29) is 36.7 Å². The quantitative estimate of drug-likeness (QED) is 0.180. The van der Waals surface area contributed by atoms with Gasteiger partial charge < -0.3 is 19.3 Å². The first-order valence-corrected chi connectivity index (χ1v) is 16.8. The van der Waals surface area contributed by atoms with Crippen LogP contribution < -0.4 is 0 Å². The summed E-state index contributed by atoms with van der Waals surface area (Å²) in [6.07, 6.45) is 15.6. The molecule has 1 aromatic carbocycles. The topological polar surface area (TPSA) is 82.1 Å². The fourth-order valence-electron chi connectivity index (χ4n) is 7.43. The summed E-state index contributed by atoms with van der Waals surface area (Å²) in [5, 5.41) is 9.11. The predicted octanol–water partition coefficient (Wildman–Crippen LogP) is 7.27. The van der Waals surface area contributed by atoms with Gasteiger partial charge in [-0.3, -0.25) is 0 Å². The fraction of sp³-hybridized carbons (Fsp3) is 0.676. The maximum atomic E-state index is 12.1. The second-order valence-electron chi connectivity index (χ2n) is 13.4. The van der Waals surface area contributed by atoms with Gasteiger partial charge in [0.2, 0.25) is 0 Å². The van der Waals surface area contributed by atoms with Crippen LogP contribution in [0.25, 0.3) is 0 Å². The smallest absolute Gasteiger partial charge is 0.335 e. The third-order valence-electron chi connectivity index (χ3n) is 10.3. The second kappa shape index (κ2) is 16.6. The molecule has 6 nitrogen and oxygen atoms in total. The van der Waals surface area contributed by atoms with E-state index >= 15 is 0 Å². The van der Waals surface area contributed by atoms with Crippen molar-refractivity contribution in [3.05, 3.63) is 59.2 Å². The van der Waals surface area contributed by atoms with Gasteiger partial charge in [0.25, 0.3) is 0 Å². The summed E-state index contributed by atoms with van der Waals surface area (Å²) in [5.41, 5.74) is 5.14. The van der Waals surface area contributed by atoms with Crippen LogP contribution in [0, 0.1) is 23.7 Å². The van der Waals surface area contributed by atoms with Gasteiger partial charge in [0.1, 0.15) is 0 Å². The minimum Gasteiger partial charge on any atom is -0.462 e. The number of hydrogen-bond donors (Lipinski definition) is 1. The van der Waals surface area contributed by atoms with Gasteiger partial charge in [-0.2, -0.15) is 0 Å². The Morgan fingerprint density at radius 2 is 1.81 bits per heavy atom. The van der Waals surface area contributed by atoms with Gasteiger partial charge in [-0.05, 0) is 111 Å². The molecule has 4 rings (SSSR count). The Morgan fingerprint density at radius 1 is 1.02 bits per heavy atom. The largest absolute Gasteiger partial charge is 0.462 e. The number of aliphatic hydroxyl groups excluding tert-OH is 1. The summed E-state index contributed by atoms with van der Waals surface area (Å²) in [6, 6.07) is 7.40. The number of benzene rings is 1. The Balaban J connectivity index is 1.24. The lowest BCUT2D eigenvalue weighted by Gasteiger charge is -2.40. The summed E-state index contributed by atoms with van der Waals surface area (Å²) < 4.78 is 17.3. The molecular weight excluding hydrogens is 540 g/mol. The van der Waals surface area contributed by atoms with Crippen LogP contribution in [0.5, 0.6) is 0 Å². The number of rotatable bonds is 14. The number of fused-ring (bicyclic) bond motifs is 1. The zero-order chi connectivity index (χ0) is 30.8. The minimum absolute atomic E-state index is 0.0149. The number of carbonyl (C=O) groups is 2. The van der Waals surface area contributed by atoms with Crippen molar-refractivity contribution in [2.24, 2.45) is 23.7 Å². The van der Waals surface area contributed by atoms with Crippen molar-refractivity contribution in [2.75, 3.05) is 26.4 Å². The van der Waals surface area contributed by atoms with Crippen LogP contribution in [-0.2, 0) is 36.6 Å². The van der Waals surface area contributed by atoms with E-state index in [0.29, 0.717) is 30.4 Å². The number of aliphatic hydroxyl groups is 1. The van der Waals surface area contributed by atoms with Crippen molar-refractivity contribution < 1.29 is 28.9 Å². The van der Waals surface area contributed by atoms with Crippen molar-refractivity contribution >= 4 is 11.9 Å². The van der Waals surface area contributed by atoms with Gasteiger partial charge in [0, 0.05) is 11.5 Å². The van der Waals surface area contributed by atoms with Crippen molar-refractivity contribution in [1.29, 1.82) is 0 Å². The van der Waals surface area contributed by atoms with Crippen LogP contribution in [0.4, 0.5) is 0 Å². The molecule has 238 valence electrons. The molecule has 0 spiro atoms. The number of hydrogen-bond acceptors (Lipinski definition) is 6. The van der Waals surface area contributed by atoms with Crippen molar-refractivity contribution in [3.63, 3.8) is 0 Å². The summed E-state index contributed by atoms with van der Waals surface area (Å²) in [6.45, 7) is 11.7. The van der Waals surface area contributed by atoms with Gasteiger partial charge in [-0.1, -0.05) is 57.5 Å². The Hall–Kier alpha value is -2.44. The van der Waals surface area contributed by atoms with Gasteiger partial charge in [-0.15, -0.1) is 0 Å². The molecule has 1 saturated heterocycles. The Morgan fingerprint density at radius 3 is 2.49 bits per heavy atom. The van der Waals surface area contributed by atoms with E-state index in [2.05, 4.69) is 38.3 Å². The molecule has 4 atom stereocenters. The maximum Gasteiger partial charge on any atom is 0.335 e. The van der Waals surface area contributed by atoms with E-state index in [1.807, 2.05) is 0 Å². The first-order chi connectivity index (χ1) is 20.8. The molecule has 0 amide bonds. The summed E-state index contributed by atoms with van der Waals surface area (Å²) in [4.78, 5) is 24.0. The lowest BCUT2D eigenvalue weighted by Crippen LogP contribution is -2.37. The predicted molar refractivity (Wildman–Crippen MR) is 170 cm³/mol. The second-order valence-corrected chi connectivity index (χ2v) is 13.4. The molecule has 43 heavy (non-hydrogen) atoms. The van der Waals surface area contributed by atoms with Crippen LogP contribution in [0.1, 0.15) is 107 Å². The van der Waals surface area contributed by atoms with E-state index in [4.69, 9.17) is 19.3 Å². The van der Waals surface area contributed by atoms with E-state index < -0.39 is 18.5 Å². The molecule has 1 aliphatic heterocycles. The Bertz CT molecular complexity index is 1090. The number of ether oxygens (including phenoxy) is 3. The standard InChI is InChI=1S/C37H54O6/c1-5-6-7-27-8-9-32-21-31(15-14-30(32)20-27)28-10-12-29(13-11-28)35-17-16-33(23-42-35)34(24-43-36(39)25(2)3)18-19-41-37(40)26(4)22-38/h14-15,21,27-29,33-35,38H,2,4-13,16-20,22-24H2,1,3H3. The summed E-state index contributed by atoms with van der Waals surface area (Å²) in [7, 11) is 0. The number of aryl methyl sites for hydroxylation is 1. The SMILES string of the molecule is C=C(C)C(=O)OCC(CCOC(=O)C(=C)CO)C1CCC(C2CCC(c3ccc4c(c3)CCC(CCCC)C4)CC2)OC1. The van der Waals surface area contributed by atoms with E-state index in [1.165, 1.54) is 64.2 Å². The molecule has 4 unspecified atom stereocenters. The van der Waals surface area contributed by atoms with Crippen molar-refractivity contribution in [1.82, 2.24) is 0 Å². The first-order valence-electron chi connectivity index (χ1n) is 16.8. The third kappa shape index (κ3) is 9.52.